The van der Waals surface area contributed by atoms with Crippen LogP contribution in [0.3, 0.4) is 0 Å². The topological polar surface area (TPSA) is 12.0 Å². The van der Waals surface area contributed by atoms with Crippen LogP contribution >= 0.6 is 0 Å². The summed E-state index contributed by atoms with van der Waals surface area (Å²) in [5, 5.41) is 3.56. The number of nitrogens with one attached hydrogen (secondary N) is 1. The van der Waals surface area contributed by atoms with Gasteiger partial charge in [0.15, 0.2) is 0 Å². The summed E-state index contributed by atoms with van der Waals surface area (Å²) >= 11 is 0. The maximum atomic E-state index is 3.56. The van der Waals surface area contributed by atoms with Crippen molar-refractivity contribution in [1.82, 2.24) is 0 Å². The summed E-state index contributed by atoms with van der Waals surface area (Å²) in [6.07, 6.45) is 2.32. The Morgan fingerprint density at radius 2 is 1.56 bits per heavy atom. The molecule has 0 atom stereocenters. The number of para-hydroxylation sites is 1. The molecule has 0 fully saturated rings. The molecule has 2 aromatic rings. The molecule has 2 aromatic carbocycles. The van der Waals surface area contributed by atoms with Crippen molar-refractivity contribution in [2.75, 3.05) is 5.32 Å². The lowest BCUT2D eigenvalue weighted by Crippen LogP contribution is -2.03. The van der Waals surface area contributed by atoms with Crippen LogP contribution in [-0.2, 0) is 13.0 Å². The lowest BCUT2D eigenvalue weighted by Gasteiger charge is -2.12. The number of benzene rings is 2. The number of anilines is 1. The van der Waals surface area contributed by atoms with Gasteiger partial charge in [-0.2, -0.15) is 0 Å². The predicted octanol–water partition coefficient (Wildman–Crippen LogP) is 4.56. The van der Waals surface area contributed by atoms with Crippen LogP contribution < -0.4 is 5.32 Å². The molecule has 0 unspecified atom stereocenters. The summed E-state index contributed by atoms with van der Waals surface area (Å²) in [4.78, 5) is 0. The minimum absolute atomic E-state index is 0.896. The molecule has 0 bridgehead atoms. The molecule has 0 aliphatic rings. The Hall–Kier alpha value is -1.76. The van der Waals surface area contributed by atoms with E-state index in [0.717, 1.165) is 13.0 Å². The van der Waals surface area contributed by atoms with E-state index in [0.29, 0.717) is 0 Å². The summed E-state index contributed by atoms with van der Waals surface area (Å²) in [7, 11) is 0. The van der Waals surface area contributed by atoms with Crippen molar-refractivity contribution in [2.45, 2.75) is 33.2 Å². The van der Waals surface area contributed by atoms with Gasteiger partial charge in [-0.05, 0) is 36.1 Å². The smallest absolute Gasteiger partial charge is 0.0403 e. The average Bonchev–Trinajstić information content (AvgIpc) is 2.40. The molecule has 0 saturated heterocycles. The molecule has 1 heteroatoms. The normalized spacial score (nSPS) is 10.3. The van der Waals surface area contributed by atoms with Gasteiger partial charge in [0.1, 0.15) is 0 Å². The van der Waals surface area contributed by atoms with Gasteiger partial charge in [-0.15, -0.1) is 0 Å². The molecule has 0 aromatic heterocycles. The Morgan fingerprint density at radius 1 is 0.889 bits per heavy atom. The molecule has 1 nitrogen and oxygen atoms in total. The van der Waals surface area contributed by atoms with Crippen LogP contribution in [0.4, 0.5) is 5.69 Å². The van der Waals surface area contributed by atoms with Crippen LogP contribution in [0, 0.1) is 6.92 Å². The Labute approximate surface area is 110 Å². The van der Waals surface area contributed by atoms with Gasteiger partial charge < -0.3 is 5.32 Å². The second-order valence-electron chi connectivity index (χ2n) is 4.69. The molecule has 1 N–H and O–H groups in total. The number of hydrogen-bond donors (Lipinski definition) is 1. The second-order valence-corrected chi connectivity index (χ2v) is 4.69. The highest BCUT2D eigenvalue weighted by Crippen LogP contribution is 2.18. The minimum atomic E-state index is 0.896. The van der Waals surface area contributed by atoms with Gasteiger partial charge in [0.05, 0.1) is 0 Å². The zero-order valence-corrected chi connectivity index (χ0v) is 11.2. The highest BCUT2D eigenvalue weighted by Gasteiger charge is 2.01. The first-order valence-corrected chi connectivity index (χ1v) is 6.67. The fourth-order valence-corrected chi connectivity index (χ4v) is 2.18. The zero-order chi connectivity index (χ0) is 12.8. The van der Waals surface area contributed by atoms with Gasteiger partial charge in [0, 0.05) is 12.2 Å². The standard InChI is InChI=1S/C17H21N/c1-3-8-15-10-6-7-12-17(15)18-13-16-11-5-4-9-14(16)2/h4-7,9-12,18H,3,8,13H2,1-2H3. The van der Waals surface area contributed by atoms with Crippen molar-refractivity contribution >= 4 is 5.69 Å². The Balaban J connectivity index is 2.08. The molecule has 0 aliphatic carbocycles. The Morgan fingerprint density at radius 3 is 2.28 bits per heavy atom. The molecular formula is C17H21N. The summed E-state index contributed by atoms with van der Waals surface area (Å²) in [6, 6.07) is 17.1. The second kappa shape index (κ2) is 6.25. The molecule has 0 radical (unpaired) electrons. The fraction of sp³-hybridized carbons (Fsp3) is 0.294. The first kappa shape index (κ1) is 12.7. The SMILES string of the molecule is CCCc1ccccc1NCc1ccccc1C. The van der Waals surface area contributed by atoms with Crippen LogP contribution in [0.15, 0.2) is 48.5 Å². The van der Waals surface area contributed by atoms with Crippen LogP contribution in [0.25, 0.3) is 0 Å². The molecule has 0 spiro atoms. The number of aryl methyl sites for hydroxylation is 2. The maximum absolute atomic E-state index is 3.56. The van der Waals surface area contributed by atoms with Crippen molar-refractivity contribution < 1.29 is 0 Å². The van der Waals surface area contributed by atoms with Gasteiger partial charge >= 0.3 is 0 Å². The molecule has 0 amide bonds. The predicted molar refractivity (Wildman–Crippen MR) is 78.9 cm³/mol. The third kappa shape index (κ3) is 3.13. The van der Waals surface area contributed by atoms with E-state index in [1.807, 2.05) is 0 Å². The van der Waals surface area contributed by atoms with E-state index in [-0.39, 0.29) is 0 Å². The summed E-state index contributed by atoms with van der Waals surface area (Å²) in [5.74, 6) is 0. The molecule has 0 heterocycles. The summed E-state index contributed by atoms with van der Waals surface area (Å²) in [5.41, 5.74) is 5.39. The lowest BCUT2D eigenvalue weighted by atomic mass is 10.1. The van der Waals surface area contributed by atoms with Crippen molar-refractivity contribution in [2.24, 2.45) is 0 Å². The van der Waals surface area contributed by atoms with Gasteiger partial charge in [0.25, 0.3) is 0 Å². The van der Waals surface area contributed by atoms with Crippen LogP contribution in [-0.4, -0.2) is 0 Å². The van der Waals surface area contributed by atoms with Crippen molar-refractivity contribution in [3.8, 4) is 0 Å². The third-order valence-corrected chi connectivity index (χ3v) is 3.27. The number of hydrogen-bond acceptors (Lipinski definition) is 1. The van der Waals surface area contributed by atoms with E-state index in [9.17, 15) is 0 Å². The Bertz CT molecular complexity index is 502. The highest BCUT2D eigenvalue weighted by molar-refractivity contribution is 5.51. The van der Waals surface area contributed by atoms with Crippen molar-refractivity contribution in [1.29, 1.82) is 0 Å². The monoisotopic (exact) mass is 239 g/mol. The van der Waals surface area contributed by atoms with E-state index < -0.39 is 0 Å². The largest absolute Gasteiger partial charge is 0.381 e. The maximum Gasteiger partial charge on any atom is 0.0403 e. The molecule has 0 saturated carbocycles. The van der Waals surface area contributed by atoms with E-state index in [1.54, 1.807) is 0 Å². The quantitative estimate of drug-likeness (QED) is 0.806. The first-order chi connectivity index (χ1) is 8.81. The van der Waals surface area contributed by atoms with Gasteiger partial charge in [0.2, 0.25) is 0 Å². The van der Waals surface area contributed by atoms with E-state index in [2.05, 4.69) is 67.7 Å². The third-order valence-electron chi connectivity index (χ3n) is 3.27. The van der Waals surface area contributed by atoms with Crippen molar-refractivity contribution in [3.63, 3.8) is 0 Å². The van der Waals surface area contributed by atoms with Crippen LogP contribution in [0.1, 0.15) is 30.0 Å². The van der Waals surface area contributed by atoms with E-state index in [1.165, 1.54) is 28.8 Å². The molecule has 94 valence electrons. The van der Waals surface area contributed by atoms with Crippen molar-refractivity contribution in [3.05, 3.63) is 65.2 Å². The van der Waals surface area contributed by atoms with Gasteiger partial charge in [-0.1, -0.05) is 55.8 Å². The molecular weight excluding hydrogens is 218 g/mol. The van der Waals surface area contributed by atoms with E-state index in [4.69, 9.17) is 0 Å². The van der Waals surface area contributed by atoms with Gasteiger partial charge in [-0.3, -0.25) is 0 Å². The highest BCUT2D eigenvalue weighted by atomic mass is 14.9. The molecule has 2 rings (SSSR count). The fourth-order valence-electron chi connectivity index (χ4n) is 2.18. The summed E-state index contributed by atoms with van der Waals surface area (Å²) in [6.45, 7) is 5.28. The number of rotatable bonds is 5. The molecule has 0 aliphatic heterocycles. The zero-order valence-electron chi connectivity index (χ0n) is 11.2. The summed E-state index contributed by atoms with van der Waals surface area (Å²) < 4.78 is 0. The average molecular weight is 239 g/mol. The van der Waals surface area contributed by atoms with Crippen LogP contribution in [0.5, 0.6) is 0 Å². The Kier molecular flexibility index (Phi) is 4.40. The minimum Gasteiger partial charge on any atom is -0.381 e. The molecule has 18 heavy (non-hydrogen) atoms. The lowest BCUT2D eigenvalue weighted by molar-refractivity contribution is 0.919. The first-order valence-electron chi connectivity index (χ1n) is 6.67. The van der Waals surface area contributed by atoms with Gasteiger partial charge in [-0.25, -0.2) is 0 Å². The van der Waals surface area contributed by atoms with Crippen LogP contribution in [0.2, 0.25) is 0 Å². The van der Waals surface area contributed by atoms with E-state index >= 15 is 0 Å².